The van der Waals surface area contributed by atoms with Gasteiger partial charge in [0.1, 0.15) is 22.4 Å². The number of nitrogens with zero attached hydrogens (tertiary/aromatic N) is 4. The van der Waals surface area contributed by atoms with Crippen molar-refractivity contribution in [2.75, 3.05) is 18.5 Å². The predicted octanol–water partition coefficient (Wildman–Crippen LogP) is 3.06. The molecule has 1 amide bonds. The maximum absolute atomic E-state index is 14.5. The summed E-state index contributed by atoms with van der Waals surface area (Å²) in [5.74, 6) is 0.113. The number of amides is 1. The van der Waals surface area contributed by atoms with Crippen LogP contribution in [-0.4, -0.2) is 42.2 Å². The molecule has 1 unspecified atom stereocenters. The third kappa shape index (κ3) is 3.50. The standard InChI is InChI=1S/C21H25FN4O3S/c1-13-7-9-16(22)18(12-13)30(28,29)26-11-5-4-6-17(26)20-23-14(2)15-8-10-19(27)25(3)21(15)24-20/h7,9,12,17H,4-6,8,10-11H2,1-3H3. The van der Waals surface area contributed by atoms with E-state index in [1.165, 1.54) is 21.3 Å². The van der Waals surface area contributed by atoms with Gasteiger partial charge in [-0.25, -0.2) is 22.8 Å². The molecule has 1 saturated heterocycles. The van der Waals surface area contributed by atoms with Crippen molar-refractivity contribution < 1.29 is 17.6 Å². The molecular weight excluding hydrogens is 407 g/mol. The molecule has 3 heterocycles. The molecule has 0 bridgehead atoms. The van der Waals surface area contributed by atoms with Crippen LogP contribution in [0.15, 0.2) is 23.1 Å². The molecule has 160 valence electrons. The van der Waals surface area contributed by atoms with Gasteiger partial charge in [-0.1, -0.05) is 12.5 Å². The van der Waals surface area contributed by atoms with E-state index in [-0.39, 0.29) is 17.3 Å². The molecule has 1 fully saturated rings. The van der Waals surface area contributed by atoms with E-state index in [0.717, 1.165) is 17.7 Å². The number of fused-ring (bicyclic) bond motifs is 1. The number of aryl methyl sites for hydroxylation is 2. The lowest BCUT2D eigenvalue weighted by Gasteiger charge is -2.35. The molecule has 0 N–H and O–H groups in total. The highest BCUT2D eigenvalue weighted by Crippen LogP contribution is 2.37. The summed E-state index contributed by atoms with van der Waals surface area (Å²) in [6.07, 6.45) is 3.03. The molecule has 0 aliphatic carbocycles. The minimum absolute atomic E-state index is 0.0264. The maximum atomic E-state index is 14.5. The second-order valence-electron chi connectivity index (χ2n) is 7.98. The van der Waals surface area contributed by atoms with Crippen LogP contribution >= 0.6 is 0 Å². The Bertz CT molecular complexity index is 1120. The zero-order valence-electron chi connectivity index (χ0n) is 17.4. The molecule has 4 rings (SSSR count). The van der Waals surface area contributed by atoms with Crippen LogP contribution < -0.4 is 4.90 Å². The summed E-state index contributed by atoms with van der Waals surface area (Å²) in [5.41, 5.74) is 2.33. The van der Waals surface area contributed by atoms with E-state index in [4.69, 9.17) is 0 Å². The topological polar surface area (TPSA) is 83.5 Å². The number of hydrogen-bond donors (Lipinski definition) is 0. The lowest BCUT2D eigenvalue weighted by Crippen LogP contribution is -2.40. The smallest absolute Gasteiger partial charge is 0.246 e. The summed E-state index contributed by atoms with van der Waals surface area (Å²) in [5, 5.41) is 0. The molecule has 0 saturated carbocycles. The highest BCUT2D eigenvalue weighted by atomic mass is 32.2. The second-order valence-corrected chi connectivity index (χ2v) is 9.84. The van der Waals surface area contributed by atoms with Crippen molar-refractivity contribution >= 4 is 21.7 Å². The predicted molar refractivity (Wildman–Crippen MR) is 110 cm³/mol. The number of aromatic nitrogens is 2. The Labute approximate surface area is 176 Å². The number of piperidine rings is 1. The van der Waals surface area contributed by atoms with E-state index in [2.05, 4.69) is 9.97 Å². The number of sulfonamides is 1. The van der Waals surface area contributed by atoms with E-state index in [0.29, 0.717) is 42.9 Å². The maximum Gasteiger partial charge on any atom is 0.246 e. The molecule has 1 atom stereocenters. The van der Waals surface area contributed by atoms with Crippen molar-refractivity contribution in [2.45, 2.75) is 56.9 Å². The van der Waals surface area contributed by atoms with Gasteiger partial charge in [-0.3, -0.25) is 9.69 Å². The van der Waals surface area contributed by atoms with Gasteiger partial charge in [0.2, 0.25) is 15.9 Å². The molecule has 0 radical (unpaired) electrons. The number of anilines is 1. The largest absolute Gasteiger partial charge is 0.300 e. The van der Waals surface area contributed by atoms with E-state index in [9.17, 15) is 17.6 Å². The summed E-state index contributed by atoms with van der Waals surface area (Å²) in [6.45, 7) is 3.86. The number of carbonyl (C=O) groups is 1. The molecule has 0 spiro atoms. The van der Waals surface area contributed by atoms with Crippen LogP contribution in [0.2, 0.25) is 0 Å². The van der Waals surface area contributed by atoms with Crippen LogP contribution in [0, 0.1) is 19.7 Å². The van der Waals surface area contributed by atoms with Crippen LogP contribution in [0.4, 0.5) is 10.2 Å². The normalized spacial score (nSPS) is 20.3. The molecule has 2 aliphatic heterocycles. The van der Waals surface area contributed by atoms with Crippen molar-refractivity contribution in [2.24, 2.45) is 0 Å². The van der Waals surface area contributed by atoms with Gasteiger partial charge in [-0.2, -0.15) is 4.31 Å². The van der Waals surface area contributed by atoms with Crippen molar-refractivity contribution in [1.82, 2.24) is 14.3 Å². The number of carbonyl (C=O) groups excluding carboxylic acids is 1. The molecule has 30 heavy (non-hydrogen) atoms. The number of benzene rings is 1. The van der Waals surface area contributed by atoms with Gasteiger partial charge in [-0.15, -0.1) is 0 Å². The van der Waals surface area contributed by atoms with Crippen molar-refractivity contribution in [3.8, 4) is 0 Å². The molecule has 2 aromatic rings. The minimum Gasteiger partial charge on any atom is -0.300 e. The quantitative estimate of drug-likeness (QED) is 0.744. The lowest BCUT2D eigenvalue weighted by molar-refractivity contribution is -0.118. The Balaban J connectivity index is 1.79. The summed E-state index contributed by atoms with van der Waals surface area (Å²) in [7, 11) is -2.40. The number of hydrogen-bond acceptors (Lipinski definition) is 5. The van der Waals surface area contributed by atoms with Crippen LogP contribution in [-0.2, 0) is 21.2 Å². The van der Waals surface area contributed by atoms with Crippen molar-refractivity contribution in [3.05, 3.63) is 46.7 Å². The van der Waals surface area contributed by atoms with Crippen LogP contribution in [0.3, 0.4) is 0 Å². The van der Waals surface area contributed by atoms with Crippen LogP contribution in [0.25, 0.3) is 0 Å². The molecule has 1 aromatic carbocycles. The average molecular weight is 433 g/mol. The highest BCUT2D eigenvalue weighted by Gasteiger charge is 2.38. The van der Waals surface area contributed by atoms with Crippen LogP contribution in [0.5, 0.6) is 0 Å². The SMILES string of the molecule is Cc1ccc(F)c(S(=O)(=O)N2CCCCC2c2nc(C)c3c(n2)N(C)C(=O)CC3)c1. The second kappa shape index (κ2) is 7.70. The van der Waals surface area contributed by atoms with E-state index in [1.54, 1.807) is 20.0 Å². The zero-order valence-corrected chi connectivity index (χ0v) is 18.2. The molecule has 9 heteroatoms. The van der Waals surface area contributed by atoms with Gasteiger partial charge >= 0.3 is 0 Å². The third-order valence-corrected chi connectivity index (χ3v) is 7.84. The average Bonchev–Trinajstić information content (AvgIpc) is 2.72. The Morgan fingerprint density at radius 2 is 1.90 bits per heavy atom. The summed E-state index contributed by atoms with van der Waals surface area (Å²) < 4.78 is 42.6. The fourth-order valence-corrected chi connectivity index (χ4v) is 6.03. The highest BCUT2D eigenvalue weighted by molar-refractivity contribution is 7.89. The van der Waals surface area contributed by atoms with Gasteiger partial charge in [0.15, 0.2) is 0 Å². The van der Waals surface area contributed by atoms with Gasteiger partial charge in [0.25, 0.3) is 0 Å². The van der Waals surface area contributed by atoms with Crippen molar-refractivity contribution in [3.63, 3.8) is 0 Å². The number of halogens is 1. The van der Waals surface area contributed by atoms with E-state index >= 15 is 0 Å². The van der Waals surface area contributed by atoms with Gasteiger partial charge in [0.05, 0.1) is 6.04 Å². The minimum atomic E-state index is -4.07. The zero-order chi connectivity index (χ0) is 21.6. The fraction of sp³-hybridized carbons (Fsp3) is 0.476. The fourth-order valence-electron chi connectivity index (χ4n) is 4.22. The van der Waals surface area contributed by atoms with E-state index < -0.39 is 21.9 Å². The number of rotatable bonds is 3. The molecule has 1 aromatic heterocycles. The molecule has 7 nitrogen and oxygen atoms in total. The van der Waals surface area contributed by atoms with Gasteiger partial charge < -0.3 is 0 Å². The lowest BCUT2D eigenvalue weighted by atomic mass is 10.0. The van der Waals surface area contributed by atoms with Gasteiger partial charge in [0, 0.05) is 31.3 Å². The molecular formula is C21H25FN4O3S. The van der Waals surface area contributed by atoms with Gasteiger partial charge in [-0.05, 0) is 50.8 Å². The summed E-state index contributed by atoms with van der Waals surface area (Å²) in [6, 6.07) is 3.49. The Morgan fingerprint density at radius 3 is 2.67 bits per heavy atom. The summed E-state index contributed by atoms with van der Waals surface area (Å²) >= 11 is 0. The Hall–Kier alpha value is -2.39. The first-order valence-corrected chi connectivity index (χ1v) is 11.6. The van der Waals surface area contributed by atoms with Crippen LogP contribution in [0.1, 0.15) is 54.4 Å². The monoisotopic (exact) mass is 432 g/mol. The Kier molecular flexibility index (Phi) is 5.36. The van der Waals surface area contributed by atoms with E-state index in [1.807, 2.05) is 6.92 Å². The molecule has 2 aliphatic rings. The first kappa shape index (κ1) is 20.9. The first-order chi connectivity index (χ1) is 14.2. The third-order valence-electron chi connectivity index (χ3n) is 5.92. The first-order valence-electron chi connectivity index (χ1n) is 10.1. The summed E-state index contributed by atoms with van der Waals surface area (Å²) in [4.78, 5) is 22.6. The Morgan fingerprint density at radius 1 is 1.13 bits per heavy atom. The van der Waals surface area contributed by atoms with Crippen molar-refractivity contribution in [1.29, 1.82) is 0 Å².